The van der Waals surface area contributed by atoms with Gasteiger partial charge < -0.3 is 10.4 Å². The van der Waals surface area contributed by atoms with Crippen LogP contribution in [0.2, 0.25) is 0 Å². The minimum atomic E-state index is -0.224. The second-order valence-corrected chi connectivity index (χ2v) is 4.01. The maximum atomic E-state index is 9.05. The molecule has 0 aromatic carbocycles. The number of aliphatic hydroxyl groups excluding tert-OH is 1. The van der Waals surface area contributed by atoms with Crippen molar-refractivity contribution in [1.29, 1.82) is 0 Å². The van der Waals surface area contributed by atoms with Gasteiger partial charge in [-0.3, -0.25) is 0 Å². The lowest BCUT2D eigenvalue weighted by atomic mass is 10.1. The predicted molar refractivity (Wildman–Crippen MR) is 57.9 cm³/mol. The van der Waals surface area contributed by atoms with Gasteiger partial charge in [0, 0.05) is 12.6 Å². The van der Waals surface area contributed by atoms with E-state index in [1.54, 1.807) is 0 Å². The molecule has 0 unspecified atom stereocenters. The van der Waals surface area contributed by atoms with Crippen LogP contribution in [0.5, 0.6) is 0 Å². The Kier molecular flexibility index (Phi) is 8.46. The highest BCUT2D eigenvalue weighted by Gasteiger charge is 2.02. The Morgan fingerprint density at radius 2 is 1.85 bits per heavy atom. The Morgan fingerprint density at radius 3 is 2.38 bits per heavy atom. The number of nitrogens with one attached hydrogen (secondary N) is 1. The molecule has 2 heteroatoms. The van der Waals surface area contributed by atoms with Crippen molar-refractivity contribution in [2.24, 2.45) is 0 Å². The van der Waals surface area contributed by atoms with Crippen LogP contribution in [0.1, 0.15) is 52.9 Å². The Labute approximate surface area is 82.7 Å². The molecule has 0 aliphatic carbocycles. The smallest absolute Gasteiger partial charge is 0.0636 e. The lowest BCUT2D eigenvalue weighted by molar-refractivity contribution is 0.186. The summed E-state index contributed by atoms with van der Waals surface area (Å²) in [4.78, 5) is 0. The summed E-state index contributed by atoms with van der Waals surface area (Å²) in [6, 6.07) is 0.548. The average Bonchev–Trinajstić information content (AvgIpc) is 2.09. The lowest BCUT2D eigenvalue weighted by Gasteiger charge is -2.14. The van der Waals surface area contributed by atoms with Crippen LogP contribution in [0.4, 0.5) is 0 Å². The summed E-state index contributed by atoms with van der Waals surface area (Å²) in [6.07, 6.45) is 6.31. The fraction of sp³-hybridized carbons (Fsp3) is 1.00. The zero-order valence-corrected chi connectivity index (χ0v) is 9.34. The summed E-state index contributed by atoms with van der Waals surface area (Å²) < 4.78 is 0. The topological polar surface area (TPSA) is 32.3 Å². The molecule has 0 aromatic heterocycles. The standard InChI is InChI=1S/C11H25NO/c1-4-5-6-7-8-10(2)12-9-11(3)13/h10-13H,4-9H2,1-3H3/t10-,11+/m0/s1. The quantitative estimate of drug-likeness (QED) is 0.572. The molecule has 0 bridgehead atoms. The first-order valence-corrected chi connectivity index (χ1v) is 5.58. The van der Waals surface area contributed by atoms with Crippen molar-refractivity contribution in [2.45, 2.75) is 65.0 Å². The second kappa shape index (κ2) is 8.52. The number of aliphatic hydroxyl groups is 1. The van der Waals surface area contributed by atoms with Crippen molar-refractivity contribution in [3.8, 4) is 0 Å². The van der Waals surface area contributed by atoms with Crippen LogP contribution in [0.15, 0.2) is 0 Å². The molecule has 0 heterocycles. The molecular formula is C11H25NO. The van der Waals surface area contributed by atoms with E-state index in [0.29, 0.717) is 6.04 Å². The van der Waals surface area contributed by atoms with Crippen LogP contribution >= 0.6 is 0 Å². The van der Waals surface area contributed by atoms with Crippen molar-refractivity contribution < 1.29 is 5.11 Å². The molecule has 0 radical (unpaired) electrons. The van der Waals surface area contributed by atoms with E-state index < -0.39 is 0 Å². The monoisotopic (exact) mass is 187 g/mol. The highest BCUT2D eigenvalue weighted by Crippen LogP contribution is 2.04. The largest absolute Gasteiger partial charge is 0.392 e. The molecule has 2 atom stereocenters. The highest BCUT2D eigenvalue weighted by molar-refractivity contribution is 4.62. The summed E-state index contributed by atoms with van der Waals surface area (Å²) in [6.45, 7) is 6.95. The second-order valence-electron chi connectivity index (χ2n) is 4.01. The molecule has 0 aromatic rings. The van der Waals surface area contributed by atoms with E-state index in [0.717, 1.165) is 6.54 Å². The molecular weight excluding hydrogens is 162 g/mol. The van der Waals surface area contributed by atoms with Crippen molar-refractivity contribution >= 4 is 0 Å². The molecule has 0 rings (SSSR count). The van der Waals surface area contributed by atoms with E-state index in [1.807, 2.05) is 6.92 Å². The van der Waals surface area contributed by atoms with Gasteiger partial charge in [0.05, 0.1) is 6.10 Å². The van der Waals surface area contributed by atoms with Crippen LogP contribution in [-0.4, -0.2) is 23.8 Å². The molecule has 0 amide bonds. The average molecular weight is 187 g/mol. The van der Waals surface area contributed by atoms with Crippen molar-refractivity contribution in [2.75, 3.05) is 6.54 Å². The summed E-state index contributed by atoms with van der Waals surface area (Å²) in [5.41, 5.74) is 0. The van der Waals surface area contributed by atoms with Crippen LogP contribution in [0.25, 0.3) is 0 Å². The number of hydrogen-bond acceptors (Lipinski definition) is 2. The molecule has 0 aliphatic rings. The third kappa shape index (κ3) is 9.84. The minimum Gasteiger partial charge on any atom is -0.392 e. The van der Waals surface area contributed by atoms with Crippen LogP contribution in [-0.2, 0) is 0 Å². The number of unbranched alkanes of at least 4 members (excludes halogenated alkanes) is 3. The van der Waals surface area contributed by atoms with E-state index in [1.165, 1.54) is 32.1 Å². The van der Waals surface area contributed by atoms with E-state index >= 15 is 0 Å². The number of rotatable bonds is 8. The summed E-state index contributed by atoms with van der Waals surface area (Å²) in [7, 11) is 0. The lowest BCUT2D eigenvalue weighted by Crippen LogP contribution is -2.32. The van der Waals surface area contributed by atoms with Gasteiger partial charge in [0.15, 0.2) is 0 Å². The predicted octanol–water partition coefficient (Wildman–Crippen LogP) is 2.32. The third-order valence-corrected chi connectivity index (χ3v) is 2.25. The normalized spacial score (nSPS) is 15.7. The highest BCUT2D eigenvalue weighted by atomic mass is 16.3. The fourth-order valence-corrected chi connectivity index (χ4v) is 1.35. The Hall–Kier alpha value is -0.0800. The van der Waals surface area contributed by atoms with Crippen LogP contribution < -0.4 is 5.32 Å². The van der Waals surface area contributed by atoms with Crippen LogP contribution in [0.3, 0.4) is 0 Å². The molecule has 80 valence electrons. The Balaban J connectivity index is 3.15. The molecule has 0 fully saturated rings. The summed E-state index contributed by atoms with van der Waals surface area (Å²) in [5, 5.41) is 12.4. The summed E-state index contributed by atoms with van der Waals surface area (Å²) in [5.74, 6) is 0. The number of hydrogen-bond donors (Lipinski definition) is 2. The van der Waals surface area contributed by atoms with Crippen molar-refractivity contribution in [3.63, 3.8) is 0 Å². The van der Waals surface area contributed by atoms with Crippen molar-refractivity contribution in [1.82, 2.24) is 5.32 Å². The molecule has 2 nitrogen and oxygen atoms in total. The van der Waals surface area contributed by atoms with E-state index in [2.05, 4.69) is 19.2 Å². The van der Waals surface area contributed by atoms with Gasteiger partial charge in [-0.2, -0.15) is 0 Å². The maximum Gasteiger partial charge on any atom is 0.0636 e. The fourth-order valence-electron chi connectivity index (χ4n) is 1.35. The van der Waals surface area contributed by atoms with Gasteiger partial charge in [0.25, 0.3) is 0 Å². The Morgan fingerprint density at radius 1 is 1.15 bits per heavy atom. The summed E-state index contributed by atoms with van der Waals surface area (Å²) >= 11 is 0. The van der Waals surface area contributed by atoms with Gasteiger partial charge in [-0.15, -0.1) is 0 Å². The van der Waals surface area contributed by atoms with Gasteiger partial charge in [-0.05, 0) is 20.3 Å². The third-order valence-electron chi connectivity index (χ3n) is 2.25. The van der Waals surface area contributed by atoms with E-state index in [-0.39, 0.29) is 6.10 Å². The SMILES string of the molecule is CCCCCC[C@H](C)NC[C@@H](C)O. The van der Waals surface area contributed by atoms with E-state index in [4.69, 9.17) is 5.11 Å². The van der Waals surface area contributed by atoms with Gasteiger partial charge in [-0.25, -0.2) is 0 Å². The molecule has 0 aliphatic heterocycles. The molecule has 0 saturated heterocycles. The zero-order chi connectivity index (χ0) is 10.1. The minimum absolute atomic E-state index is 0.224. The van der Waals surface area contributed by atoms with Crippen molar-refractivity contribution in [3.05, 3.63) is 0 Å². The molecule has 0 spiro atoms. The van der Waals surface area contributed by atoms with Gasteiger partial charge in [-0.1, -0.05) is 32.6 Å². The molecule has 13 heavy (non-hydrogen) atoms. The molecule has 0 saturated carbocycles. The van der Waals surface area contributed by atoms with Gasteiger partial charge in [0.2, 0.25) is 0 Å². The Bertz CT molecular complexity index is 104. The van der Waals surface area contributed by atoms with Crippen LogP contribution in [0, 0.1) is 0 Å². The van der Waals surface area contributed by atoms with Gasteiger partial charge >= 0.3 is 0 Å². The first-order valence-electron chi connectivity index (χ1n) is 5.58. The van der Waals surface area contributed by atoms with E-state index in [9.17, 15) is 0 Å². The maximum absolute atomic E-state index is 9.05. The first-order chi connectivity index (χ1) is 6.16. The van der Waals surface area contributed by atoms with Gasteiger partial charge in [0.1, 0.15) is 0 Å². The molecule has 2 N–H and O–H groups in total. The first kappa shape index (κ1) is 12.9. The zero-order valence-electron chi connectivity index (χ0n) is 9.34.